The number of halogens is 3. The molecular weight excluding hydrogens is 1110 g/mol. The number of hydrogen-bond acceptors (Lipinski definition) is 17. The van der Waals surface area contributed by atoms with Crippen LogP contribution in [0.2, 0.25) is 0 Å². The number of aromatic nitrogens is 2. The third kappa shape index (κ3) is 18.8. The van der Waals surface area contributed by atoms with E-state index in [1.165, 1.54) is 95.5 Å². The summed E-state index contributed by atoms with van der Waals surface area (Å²) in [4.78, 5) is 61.5. The number of carbonyl (C=O) groups excluding carboxylic acids is 2. The van der Waals surface area contributed by atoms with E-state index in [1.807, 2.05) is 0 Å². The zero-order valence-electron chi connectivity index (χ0n) is 25.6. The van der Waals surface area contributed by atoms with Gasteiger partial charge in [-0.05, 0) is 36.4 Å². The van der Waals surface area contributed by atoms with Gasteiger partial charge in [0, 0.05) is 53.7 Å². The fraction of sp³-hybridized carbons (Fsp3) is 0.0714. The Kier molecular flexibility index (Phi) is 21.1. The van der Waals surface area contributed by atoms with Gasteiger partial charge in [-0.25, -0.2) is 9.59 Å². The molecule has 18 nitrogen and oxygen atoms in total. The Bertz CT molecular complexity index is 1790. The van der Waals surface area contributed by atoms with Crippen LogP contribution in [0.25, 0.3) is 0 Å². The van der Waals surface area contributed by atoms with Gasteiger partial charge in [-0.15, -0.1) is 22.7 Å². The number of nitro groups is 3. The average molecular weight is 1130 g/mol. The van der Waals surface area contributed by atoms with Crippen molar-refractivity contribution in [3.8, 4) is 17.2 Å². The van der Waals surface area contributed by atoms with Crippen molar-refractivity contribution in [3.63, 3.8) is 0 Å². The standard InChI is InChI=1S/C13H8N2O7.C11H8N2O5S.C4H5NOS.3HI.V/c16-13(21-11-5-1-9(2-6-11)14(17)18)22-12-7-3-10(4-8-12)15(19)20;14-11(17-6-10-5-12-7-19-10)18-9-3-1-8(2-4-9)13(15)16;6-2-4-1-5-3-7-4;;;;/h1-8H;1-5,7H,6H2;1,3,6H,2H2;3*1H;/q;;;;;;+3/p-3. The number of benzene rings is 3. The Morgan fingerprint density at radius 1 is 0.635 bits per heavy atom. The molecule has 2 heterocycles. The molecule has 274 valence electrons. The van der Waals surface area contributed by atoms with Gasteiger partial charge >= 0.3 is 77.2 Å². The molecule has 0 radical (unpaired) electrons. The Morgan fingerprint density at radius 2 is 0.962 bits per heavy atom. The van der Waals surface area contributed by atoms with Crippen molar-refractivity contribution in [2.75, 3.05) is 0 Å². The Balaban J connectivity index is 0.000000281. The molecule has 3 aromatic carbocycles. The van der Waals surface area contributed by atoms with Crippen LogP contribution < -0.4 is 14.2 Å². The zero-order valence-corrected chi connectivity index (χ0v) is 35.1. The van der Waals surface area contributed by atoms with Crippen LogP contribution in [-0.4, -0.2) is 42.2 Å². The number of carbonyl (C=O) groups is 2. The third-order valence-corrected chi connectivity index (χ3v) is 6.72. The number of nitrogens with zero attached hydrogens (tertiary/aromatic N) is 5. The van der Waals surface area contributed by atoms with E-state index < -0.39 is 27.1 Å². The van der Waals surface area contributed by atoms with Gasteiger partial charge in [0.1, 0.15) is 23.9 Å². The van der Waals surface area contributed by atoms with Crippen LogP contribution in [0.5, 0.6) is 17.2 Å². The van der Waals surface area contributed by atoms with Crippen LogP contribution in [0.1, 0.15) is 9.75 Å². The van der Waals surface area contributed by atoms with Gasteiger partial charge in [-0.2, -0.15) is 0 Å². The summed E-state index contributed by atoms with van der Waals surface area (Å²) in [5, 5.41) is 39.8. The van der Waals surface area contributed by atoms with Gasteiger partial charge in [-0.1, -0.05) is 0 Å². The second-order valence-electron chi connectivity index (χ2n) is 8.63. The molecular formula is C28H21I3N5O13S2V. The van der Waals surface area contributed by atoms with Crippen LogP contribution in [0, 0.1) is 30.3 Å². The second-order valence-corrected chi connectivity index (χ2v) is 45.9. The minimum atomic E-state index is -1.07. The molecule has 0 aliphatic carbocycles. The van der Waals surface area contributed by atoms with Gasteiger partial charge < -0.3 is 24.1 Å². The molecule has 0 saturated heterocycles. The molecule has 0 aliphatic rings. The number of ether oxygens (including phenoxy) is 4. The molecule has 0 unspecified atom stereocenters. The first-order valence-corrected chi connectivity index (χ1v) is 28.7. The molecule has 52 heavy (non-hydrogen) atoms. The van der Waals surface area contributed by atoms with Crippen molar-refractivity contribution in [2.24, 2.45) is 0 Å². The topological polar surface area (TPSA) is 246 Å². The van der Waals surface area contributed by atoms with Gasteiger partial charge in [0.15, 0.2) is 0 Å². The van der Waals surface area contributed by atoms with Gasteiger partial charge in [-0.3, -0.25) is 40.3 Å². The number of hydrogen-bond donors (Lipinski definition) is 1. The van der Waals surface area contributed by atoms with E-state index in [-0.39, 0.29) is 52.4 Å². The van der Waals surface area contributed by atoms with Crippen LogP contribution in [0.3, 0.4) is 0 Å². The first-order chi connectivity index (χ1) is 24.8. The number of aliphatic hydroxyl groups excluding tert-OH is 1. The van der Waals surface area contributed by atoms with Crippen LogP contribution >= 0.6 is 82.6 Å². The summed E-state index contributed by atoms with van der Waals surface area (Å²) < 4.78 is 19.3. The molecule has 0 fully saturated rings. The summed E-state index contributed by atoms with van der Waals surface area (Å²) in [6, 6.07) is 14.8. The van der Waals surface area contributed by atoms with E-state index in [0.29, 0.717) is 0 Å². The Morgan fingerprint density at radius 3 is 1.23 bits per heavy atom. The molecule has 0 saturated carbocycles. The Hall–Kier alpha value is -3.61. The van der Waals surface area contributed by atoms with Crippen LogP contribution in [0.15, 0.2) is 96.2 Å². The summed E-state index contributed by atoms with van der Waals surface area (Å²) in [5.74, 6) is 0.315. The predicted octanol–water partition coefficient (Wildman–Crippen LogP) is 9.14. The van der Waals surface area contributed by atoms with E-state index in [1.54, 1.807) is 23.4 Å². The number of aliphatic hydroxyl groups is 1. The van der Waals surface area contributed by atoms with Crippen molar-refractivity contribution in [3.05, 3.63) is 136 Å². The van der Waals surface area contributed by atoms with Crippen LogP contribution in [0.4, 0.5) is 26.7 Å². The van der Waals surface area contributed by atoms with E-state index in [9.17, 15) is 39.9 Å². The molecule has 24 heteroatoms. The van der Waals surface area contributed by atoms with Crippen molar-refractivity contribution in [1.29, 1.82) is 0 Å². The fourth-order valence-corrected chi connectivity index (χ4v) is 3.97. The predicted molar refractivity (Wildman–Crippen MR) is 209 cm³/mol. The van der Waals surface area contributed by atoms with Gasteiger partial charge in [0.05, 0.1) is 37.3 Å². The molecule has 5 aromatic rings. The summed E-state index contributed by atoms with van der Waals surface area (Å²) in [6.07, 6.45) is 1.30. The maximum absolute atomic E-state index is 11.5. The first kappa shape index (κ1) is 44.6. The summed E-state index contributed by atoms with van der Waals surface area (Å²) in [6.45, 7) is 0.196. The molecule has 1 N–H and O–H groups in total. The van der Waals surface area contributed by atoms with Crippen LogP contribution in [-0.2, 0) is 22.9 Å². The molecule has 5 rings (SSSR count). The zero-order chi connectivity index (χ0) is 38.5. The fourth-order valence-electron chi connectivity index (χ4n) is 3.01. The summed E-state index contributed by atoms with van der Waals surface area (Å²) in [7, 11) is 0. The first-order valence-electron chi connectivity index (χ1n) is 13.4. The average Bonchev–Trinajstić information content (AvgIpc) is 3.84. The molecule has 0 bridgehead atoms. The molecule has 0 aliphatic heterocycles. The quantitative estimate of drug-likeness (QED) is 0.0475. The third-order valence-electron chi connectivity index (χ3n) is 5.20. The molecule has 2 aromatic heterocycles. The number of rotatable bonds is 9. The van der Waals surface area contributed by atoms with E-state index in [4.69, 9.17) is 24.1 Å². The van der Waals surface area contributed by atoms with Crippen molar-refractivity contribution < 1.29 is 53.3 Å². The van der Waals surface area contributed by atoms with Crippen molar-refractivity contribution in [2.45, 2.75) is 13.2 Å². The maximum atomic E-state index is 11.5. The van der Waals surface area contributed by atoms with Crippen molar-refractivity contribution >= 4 is 112 Å². The summed E-state index contributed by atoms with van der Waals surface area (Å²) >= 11 is 10.2. The molecule has 0 atom stereocenters. The van der Waals surface area contributed by atoms with Crippen molar-refractivity contribution in [1.82, 2.24) is 9.97 Å². The number of thiazole rings is 2. The molecule has 0 spiro atoms. The number of nitro benzene ring substituents is 3. The normalized spacial score (nSPS) is 9.71. The monoisotopic (exact) mass is 1130 g/mol. The Labute approximate surface area is 338 Å². The second kappa shape index (κ2) is 24.6. The van der Waals surface area contributed by atoms with Gasteiger partial charge in [0.2, 0.25) is 0 Å². The van der Waals surface area contributed by atoms with E-state index in [2.05, 4.69) is 69.9 Å². The summed E-state index contributed by atoms with van der Waals surface area (Å²) in [5.41, 5.74) is 2.96. The van der Waals surface area contributed by atoms with E-state index >= 15 is 0 Å². The van der Waals surface area contributed by atoms with E-state index in [0.717, 1.165) is 9.75 Å². The molecule has 0 amide bonds. The minimum absolute atomic E-state index is 0.0671. The SMILES string of the molecule is O=C(OCc1cncs1)Oc1ccc([N+](=O)[O-])cc1.O=C(Oc1ccc([N+](=O)[O-])cc1)Oc1ccc([N+](=O)[O-])cc1.OCc1cncs1.[I][V]([I])[I]. The number of non-ortho nitro benzene ring substituents is 3. The van der Waals surface area contributed by atoms with Gasteiger partial charge in [0.25, 0.3) is 17.1 Å².